The molecule has 0 radical (unpaired) electrons. The molecule has 1 aliphatic rings. The summed E-state index contributed by atoms with van der Waals surface area (Å²) in [5.74, 6) is -2.21. The highest BCUT2D eigenvalue weighted by Gasteiger charge is 2.47. The highest BCUT2D eigenvalue weighted by Crippen LogP contribution is 2.43. The summed E-state index contributed by atoms with van der Waals surface area (Å²) in [6.45, 7) is 10.5. The van der Waals surface area contributed by atoms with Crippen molar-refractivity contribution in [1.82, 2.24) is 10.2 Å². The molecule has 0 aliphatic carbocycles. The van der Waals surface area contributed by atoms with Crippen molar-refractivity contribution in [3.63, 3.8) is 0 Å². The van der Waals surface area contributed by atoms with Crippen molar-refractivity contribution in [2.75, 3.05) is 6.54 Å². The molecule has 3 rings (SSSR count). The van der Waals surface area contributed by atoms with Crippen molar-refractivity contribution in [2.45, 2.75) is 65.5 Å². The monoisotopic (exact) mass is 614 g/mol. The van der Waals surface area contributed by atoms with Gasteiger partial charge in [0.05, 0.1) is 18.2 Å². The fourth-order valence-electron chi connectivity index (χ4n) is 4.39. The summed E-state index contributed by atoms with van der Waals surface area (Å²) in [4.78, 5) is 40.5. The maximum atomic E-state index is 14.2. The Morgan fingerprint density at radius 3 is 2.07 bits per heavy atom. The van der Waals surface area contributed by atoms with Crippen LogP contribution in [0.1, 0.15) is 75.0 Å². The Labute approximate surface area is 254 Å². The van der Waals surface area contributed by atoms with Gasteiger partial charge in [-0.25, -0.2) is 0 Å². The summed E-state index contributed by atoms with van der Waals surface area (Å²) >= 11 is 0. The smallest absolute Gasteiger partial charge is 0.482 e. The molecule has 0 aromatic heterocycles. The van der Waals surface area contributed by atoms with E-state index in [9.17, 15) is 27.6 Å². The number of ketones is 1. The van der Waals surface area contributed by atoms with Crippen molar-refractivity contribution in [3.05, 3.63) is 100 Å². The van der Waals surface area contributed by atoms with Crippen LogP contribution >= 0.6 is 0 Å². The molecule has 1 unspecified atom stereocenters. The first-order valence-electron chi connectivity index (χ1n) is 13.8. The van der Waals surface area contributed by atoms with Crippen molar-refractivity contribution < 1.29 is 37.0 Å². The SMILES string of the molecule is CC(=O)NC/C(N)=C/C=C(\N)N1C(=O)C(OC(C)(C)C)=C(C(=O)c2ccc(C(C)C)cc2)C1c1ccc(OC(F)(F)F)cc1. The Kier molecular flexibility index (Phi) is 10.2. The largest absolute Gasteiger partial charge is 0.573 e. The van der Waals surface area contributed by atoms with E-state index in [0.717, 1.165) is 22.6 Å². The summed E-state index contributed by atoms with van der Waals surface area (Å²) in [6, 6.07) is 10.5. The lowest BCUT2D eigenvalue weighted by Gasteiger charge is -2.27. The van der Waals surface area contributed by atoms with Gasteiger partial charge < -0.3 is 26.3 Å². The van der Waals surface area contributed by atoms with Gasteiger partial charge in [-0.3, -0.25) is 19.3 Å². The topological polar surface area (TPSA) is 137 Å². The quantitative estimate of drug-likeness (QED) is 0.243. The number of carbonyl (C=O) groups is 3. The van der Waals surface area contributed by atoms with E-state index in [1.807, 2.05) is 26.0 Å². The third-order valence-electron chi connectivity index (χ3n) is 6.40. The number of Topliss-reactive ketones (excluding diaryl/α,β-unsaturated/α-hetero) is 1. The third kappa shape index (κ3) is 8.65. The number of halogens is 3. The van der Waals surface area contributed by atoms with E-state index in [2.05, 4.69) is 10.1 Å². The Morgan fingerprint density at radius 1 is 0.977 bits per heavy atom. The van der Waals surface area contributed by atoms with Crippen LogP contribution in [-0.4, -0.2) is 41.0 Å². The minimum Gasteiger partial charge on any atom is -0.482 e. The number of rotatable bonds is 10. The van der Waals surface area contributed by atoms with Gasteiger partial charge in [0.15, 0.2) is 11.5 Å². The number of allylic oxidation sites excluding steroid dienone is 2. The lowest BCUT2D eigenvalue weighted by atomic mass is 9.91. The zero-order valence-corrected chi connectivity index (χ0v) is 25.4. The highest BCUT2D eigenvalue weighted by molar-refractivity contribution is 6.16. The van der Waals surface area contributed by atoms with Gasteiger partial charge in [0, 0.05) is 18.2 Å². The van der Waals surface area contributed by atoms with Crippen LogP contribution in [0.3, 0.4) is 0 Å². The lowest BCUT2D eigenvalue weighted by Crippen LogP contribution is -2.35. The number of benzene rings is 2. The number of nitrogens with two attached hydrogens (primary N) is 2. The van der Waals surface area contributed by atoms with E-state index in [-0.39, 0.29) is 52.3 Å². The maximum absolute atomic E-state index is 14.2. The number of alkyl halides is 3. The molecule has 1 aliphatic heterocycles. The van der Waals surface area contributed by atoms with Crippen LogP contribution in [0.4, 0.5) is 13.2 Å². The minimum absolute atomic E-state index is 0.0178. The number of hydrogen-bond donors (Lipinski definition) is 3. The molecule has 5 N–H and O–H groups in total. The van der Waals surface area contributed by atoms with E-state index in [4.69, 9.17) is 16.2 Å². The number of hydrogen-bond acceptors (Lipinski definition) is 7. The van der Waals surface area contributed by atoms with Crippen molar-refractivity contribution in [3.8, 4) is 5.75 Å². The second kappa shape index (κ2) is 13.3. The molecular weight excluding hydrogens is 577 g/mol. The van der Waals surface area contributed by atoms with Gasteiger partial charge in [-0.05, 0) is 62.1 Å². The zero-order valence-electron chi connectivity index (χ0n) is 25.4. The molecule has 0 fully saturated rings. The van der Waals surface area contributed by atoms with Crippen LogP contribution in [0.15, 0.2) is 83.5 Å². The van der Waals surface area contributed by atoms with Crippen molar-refractivity contribution in [1.29, 1.82) is 0 Å². The molecule has 0 saturated carbocycles. The molecule has 2 amide bonds. The normalized spacial score (nSPS) is 16.5. The van der Waals surface area contributed by atoms with Crippen LogP contribution in [-0.2, 0) is 14.3 Å². The highest BCUT2D eigenvalue weighted by atomic mass is 19.4. The number of nitrogens with one attached hydrogen (secondary N) is 1. The van der Waals surface area contributed by atoms with E-state index >= 15 is 0 Å². The second-order valence-electron chi connectivity index (χ2n) is 11.5. The first-order valence-corrected chi connectivity index (χ1v) is 13.8. The van der Waals surface area contributed by atoms with Crippen LogP contribution in [0.2, 0.25) is 0 Å². The van der Waals surface area contributed by atoms with Gasteiger partial charge in [-0.1, -0.05) is 50.2 Å². The summed E-state index contributed by atoms with van der Waals surface area (Å²) in [5.41, 5.74) is 13.2. The first-order chi connectivity index (χ1) is 20.4. The summed E-state index contributed by atoms with van der Waals surface area (Å²) < 4.78 is 48.6. The fraction of sp³-hybridized carbons (Fsp3) is 0.344. The molecule has 44 heavy (non-hydrogen) atoms. The summed E-state index contributed by atoms with van der Waals surface area (Å²) in [7, 11) is 0. The molecule has 236 valence electrons. The Morgan fingerprint density at radius 2 is 1.57 bits per heavy atom. The predicted octanol–water partition coefficient (Wildman–Crippen LogP) is 5.32. The summed E-state index contributed by atoms with van der Waals surface area (Å²) in [6.07, 6.45) is -2.18. The number of carbonyl (C=O) groups excluding carboxylic acids is 3. The standard InChI is InChI=1S/C32H37F3N4O5/c1-18(2)20-7-9-22(10-8-20)28(41)26-27(21-11-14-24(15-12-21)43-32(33,34)35)39(30(42)29(26)44-31(4,5)6)25(37)16-13-23(36)17-38-19(3)40/h7-16,18,27H,17,36-37H2,1-6H3,(H,38,40)/b23-13-,25-16+. The minimum atomic E-state index is -4.91. The average molecular weight is 615 g/mol. The van der Waals surface area contributed by atoms with Gasteiger partial charge in [0.25, 0.3) is 5.91 Å². The molecule has 0 saturated heterocycles. The molecule has 12 heteroatoms. The zero-order chi connectivity index (χ0) is 33.0. The molecule has 1 atom stereocenters. The van der Waals surface area contributed by atoms with Gasteiger partial charge >= 0.3 is 6.36 Å². The van der Waals surface area contributed by atoms with Gasteiger partial charge in [-0.2, -0.15) is 0 Å². The fourth-order valence-corrected chi connectivity index (χ4v) is 4.39. The average Bonchev–Trinajstić information content (AvgIpc) is 3.20. The first kappa shape index (κ1) is 33.8. The van der Waals surface area contributed by atoms with E-state index in [1.165, 1.54) is 31.2 Å². The lowest BCUT2D eigenvalue weighted by molar-refractivity contribution is -0.274. The van der Waals surface area contributed by atoms with E-state index in [0.29, 0.717) is 0 Å². The molecule has 2 aromatic rings. The molecule has 9 nitrogen and oxygen atoms in total. The molecule has 0 bridgehead atoms. The molecule has 1 heterocycles. The van der Waals surface area contributed by atoms with Crippen LogP contribution < -0.4 is 21.5 Å². The van der Waals surface area contributed by atoms with Crippen LogP contribution in [0.25, 0.3) is 0 Å². The van der Waals surface area contributed by atoms with Crippen molar-refractivity contribution in [2.24, 2.45) is 11.5 Å². The molecule has 2 aromatic carbocycles. The van der Waals surface area contributed by atoms with Gasteiger partial charge in [0.2, 0.25) is 5.91 Å². The Hall–Kier alpha value is -4.74. The maximum Gasteiger partial charge on any atom is 0.573 e. The van der Waals surface area contributed by atoms with E-state index in [1.54, 1.807) is 32.9 Å². The number of amides is 2. The second-order valence-corrected chi connectivity index (χ2v) is 11.5. The van der Waals surface area contributed by atoms with Gasteiger partial charge in [-0.15, -0.1) is 13.2 Å². The number of nitrogens with zero attached hydrogens (tertiary/aromatic N) is 1. The van der Waals surface area contributed by atoms with Crippen LogP contribution in [0.5, 0.6) is 5.75 Å². The Balaban J connectivity index is 2.21. The van der Waals surface area contributed by atoms with E-state index < -0.39 is 35.4 Å². The van der Waals surface area contributed by atoms with Crippen LogP contribution in [0, 0.1) is 0 Å². The Bertz CT molecular complexity index is 1490. The predicted molar refractivity (Wildman–Crippen MR) is 159 cm³/mol. The van der Waals surface area contributed by atoms with Gasteiger partial charge in [0.1, 0.15) is 17.2 Å². The molecular formula is C32H37F3N4O5. The molecule has 0 spiro atoms. The number of ether oxygens (including phenoxy) is 2. The third-order valence-corrected chi connectivity index (χ3v) is 6.40. The van der Waals surface area contributed by atoms with Crippen molar-refractivity contribution >= 4 is 17.6 Å². The summed E-state index contributed by atoms with van der Waals surface area (Å²) in [5, 5.41) is 2.54.